The number of halogens is 2. The molecule has 36 heavy (non-hydrogen) atoms. The summed E-state index contributed by atoms with van der Waals surface area (Å²) in [4.78, 5) is 24.4. The Hall–Kier alpha value is -3.82. The Labute approximate surface area is 208 Å². The van der Waals surface area contributed by atoms with E-state index in [0.29, 0.717) is 12.2 Å². The fraction of sp³-hybridized carbons (Fsp3) is 0.259. The monoisotopic (exact) mass is 497 g/mol. The number of carbonyl (C=O) groups is 2. The number of nitrogens with one attached hydrogen (secondary N) is 3. The van der Waals surface area contributed by atoms with Crippen LogP contribution < -0.4 is 16.0 Å². The van der Waals surface area contributed by atoms with E-state index in [9.17, 15) is 28.6 Å². The third kappa shape index (κ3) is 7.86. The molecular formula is C27H29F2N3O4. The van der Waals surface area contributed by atoms with E-state index in [1.807, 2.05) is 31.2 Å². The molecule has 0 saturated heterocycles. The molecule has 0 spiro atoms. The second-order valence-corrected chi connectivity index (χ2v) is 8.66. The van der Waals surface area contributed by atoms with Crippen LogP contribution in [0.25, 0.3) is 0 Å². The van der Waals surface area contributed by atoms with E-state index in [0.717, 1.165) is 29.3 Å². The van der Waals surface area contributed by atoms with Crippen LogP contribution in [0.4, 0.5) is 14.5 Å². The number of anilines is 1. The van der Waals surface area contributed by atoms with Crippen LogP contribution in [-0.4, -0.2) is 40.7 Å². The number of hydrogen-bond acceptors (Lipinski definition) is 5. The molecule has 3 aromatic rings. The molecule has 3 rings (SSSR count). The summed E-state index contributed by atoms with van der Waals surface area (Å²) in [5.41, 5.74) is 2.52. The highest BCUT2D eigenvalue weighted by Crippen LogP contribution is 2.22. The van der Waals surface area contributed by atoms with E-state index < -0.39 is 29.7 Å². The number of aryl methyl sites for hydroxylation is 1. The summed E-state index contributed by atoms with van der Waals surface area (Å²) >= 11 is 0. The van der Waals surface area contributed by atoms with Gasteiger partial charge in [-0.3, -0.25) is 9.59 Å². The summed E-state index contributed by atoms with van der Waals surface area (Å²) in [5, 5.41) is 29.4. The van der Waals surface area contributed by atoms with E-state index >= 15 is 0 Å². The van der Waals surface area contributed by atoms with Crippen molar-refractivity contribution in [2.24, 2.45) is 0 Å². The molecule has 0 aliphatic carbocycles. The third-order valence-corrected chi connectivity index (χ3v) is 5.49. The molecule has 5 N–H and O–H groups in total. The Morgan fingerprint density at radius 2 is 1.69 bits per heavy atom. The first-order valence-electron chi connectivity index (χ1n) is 11.4. The van der Waals surface area contributed by atoms with Gasteiger partial charge in [0.1, 0.15) is 17.4 Å². The van der Waals surface area contributed by atoms with Crippen LogP contribution in [0.1, 0.15) is 34.0 Å². The van der Waals surface area contributed by atoms with E-state index in [2.05, 4.69) is 16.0 Å². The van der Waals surface area contributed by atoms with Crippen LogP contribution >= 0.6 is 0 Å². The van der Waals surface area contributed by atoms with Crippen molar-refractivity contribution in [1.82, 2.24) is 10.6 Å². The zero-order chi connectivity index (χ0) is 26.2. The lowest BCUT2D eigenvalue weighted by molar-refractivity contribution is -0.114. The zero-order valence-corrected chi connectivity index (χ0v) is 20.0. The van der Waals surface area contributed by atoms with Gasteiger partial charge in [0.25, 0.3) is 5.91 Å². The normalized spacial score (nSPS) is 12.6. The largest absolute Gasteiger partial charge is 0.507 e. The van der Waals surface area contributed by atoms with Crippen molar-refractivity contribution >= 4 is 17.5 Å². The van der Waals surface area contributed by atoms with Crippen molar-refractivity contribution in [2.45, 2.75) is 39.0 Å². The lowest BCUT2D eigenvalue weighted by Gasteiger charge is -2.25. The Morgan fingerprint density at radius 1 is 0.972 bits per heavy atom. The molecule has 0 radical (unpaired) electrons. The first kappa shape index (κ1) is 26.8. The molecular weight excluding hydrogens is 468 g/mol. The molecule has 0 bridgehead atoms. The first-order valence-corrected chi connectivity index (χ1v) is 11.4. The van der Waals surface area contributed by atoms with Gasteiger partial charge >= 0.3 is 0 Å². The smallest absolute Gasteiger partial charge is 0.255 e. The Balaban J connectivity index is 1.77. The highest BCUT2D eigenvalue weighted by molar-refractivity contribution is 5.99. The van der Waals surface area contributed by atoms with Gasteiger partial charge in [0.15, 0.2) is 0 Å². The SMILES string of the molecule is CC(=O)Nc1ccc(O)c(C(=O)N[C@@H](Cc2cc(F)cc(F)c2)[C@H](O)CNCc2cccc(C)c2)c1. The molecule has 9 heteroatoms. The number of phenols is 1. The fourth-order valence-corrected chi connectivity index (χ4v) is 3.84. The molecule has 0 fully saturated rings. The molecule has 7 nitrogen and oxygen atoms in total. The number of phenolic OH excluding ortho intramolecular Hbond substituents is 1. The molecule has 3 aromatic carbocycles. The standard InChI is InChI=1S/C27H29F2N3O4/c1-16-4-3-5-18(8-16)14-30-15-26(35)24(11-19-9-20(28)12-21(29)10-19)32-27(36)23-13-22(31-17(2)33)6-7-25(23)34/h3-10,12-13,24,26,30,34-35H,11,14-15H2,1-2H3,(H,31,33)(H,32,36)/t24-,26+/m0/s1. The molecule has 190 valence electrons. The fourth-order valence-electron chi connectivity index (χ4n) is 3.84. The Kier molecular flexibility index (Phi) is 9.10. The van der Waals surface area contributed by atoms with Crippen LogP contribution in [0.3, 0.4) is 0 Å². The van der Waals surface area contributed by atoms with Gasteiger partial charge in [0.2, 0.25) is 5.91 Å². The van der Waals surface area contributed by atoms with Gasteiger partial charge in [-0.2, -0.15) is 0 Å². The number of carbonyl (C=O) groups excluding carboxylic acids is 2. The van der Waals surface area contributed by atoms with Gasteiger partial charge in [-0.15, -0.1) is 0 Å². The second-order valence-electron chi connectivity index (χ2n) is 8.66. The van der Waals surface area contributed by atoms with Gasteiger partial charge in [0, 0.05) is 31.8 Å². The van der Waals surface area contributed by atoms with E-state index in [-0.39, 0.29) is 35.7 Å². The van der Waals surface area contributed by atoms with Crippen molar-refractivity contribution in [3.8, 4) is 5.75 Å². The lowest BCUT2D eigenvalue weighted by atomic mass is 9.99. The predicted molar refractivity (Wildman–Crippen MR) is 133 cm³/mol. The zero-order valence-electron chi connectivity index (χ0n) is 20.0. The summed E-state index contributed by atoms with van der Waals surface area (Å²) in [6, 6.07) is 13.9. The predicted octanol–water partition coefficient (Wildman–Crippen LogP) is 3.43. The molecule has 2 atom stereocenters. The molecule has 0 aliphatic rings. The number of aliphatic hydroxyl groups is 1. The topological polar surface area (TPSA) is 111 Å². The highest BCUT2D eigenvalue weighted by Gasteiger charge is 2.24. The highest BCUT2D eigenvalue weighted by atomic mass is 19.1. The summed E-state index contributed by atoms with van der Waals surface area (Å²) < 4.78 is 27.5. The summed E-state index contributed by atoms with van der Waals surface area (Å²) in [7, 11) is 0. The summed E-state index contributed by atoms with van der Waals surface area (Å²) in [6.07, 6.45) is -1.20. The number of benzene rings is 3. The number of aliphatic hydroxyl groups excluding tert-OH is 1. The molecule has 0 aromatic heterocycles. The molecule has 0 aliphatic heterocycles. The average molecular weight is 498 g/mol. The van der Waals surface area contributed by atoms with Crippen LogP contribution in [0.5, 0.6) is 5.75 Å². The average Bonchev–Trinajstić information content (AvgIpc) is 2.79. The van der Waals surface area contributed by atoms with Gasteiger partial charge in [-0.05, 0) is 54.8 Å². The van der Waals surface area contributed by atoms with Crippen LogP contribution in [0.15, 0.2) is 60.7 Å². The molecule has 2 amide bonds. The van der Waals surface area contributed by atoms with Crippen LogP contribution in [-0.2, 0) is 17.8 Å². The lowest BCUT2D eigenvalue weighted by Crippen LogP contribution is -2.48. The number of amides is 2. The van der Waals surface area contributed by atoms with Crippen molar-refractivity contribution in [3.63, 3.8) is 0 Å². The van der Waals surface area contributed by atoms with E-state index in [1.54, 1.807) is 0 Å². The Morgan fingerprint density at radius 3 is 2.36 bits per heavy atom. The molecule has 0 unspecified atom stereocenters. The van der Waals surface area contributed by atoms with Crippen molar-refractivity contribution < 1.29 is 28.6 Å². The van der Waals surface area contributed by atoms with Gasteiger partial charge in [-0.1, -0.05) is 29.8 Å². The maximum atomic E-state index is 13.8. The van der Waals surface area contributed by atoms with Gasteiger partial charge in [-0.25, -0.2) is 8.78 Å². The van der Waals surface area contributed by atoms with Gasteiger partial charge < -0.3 is 26.2 Å². The quantitative estimate of drug-likeness (QED) is 0.276. The summed E-state index contributed by atoms with van der Waals surface area (Å²) in [5.74, 6) is -2.96. The number of rotatable bonds is 10. The minimum Gasteiger partial charge on any atom is -0.507 e. The molecule has 0 heterocycles. The first-order chi connectivity index (χ1) is 17.1. The van der Waals surface area contributed by atoms with Crippen molar-refractivity contribution in [3.05, 3.63) is 94.6 Å². The number of aromatic hydroxyl groups is 1. The van der Waals surface area contributed by atoms with E-state index in [4.69, 9.17) is 0 Å². The van der Waals surface area contributed by atoms with Crippen LogP contribution in [0.2, 0.25) is 0 Å². The third-order valence-electron chi connectivity index (χ3n) is 5.49. The second kappa shape index (κ2) is 12.2. The van der Waals surface area contributed by atoms with Crippen molar-refractivity contribution in [1.29, 1.82) is 0 Å². The van der Waals surface area contributed by atoms with Crippen molar-refractivity contribution in [2.75, 3.05) is 11.9 Å². The Bertz CT molecular complexity index is 1220. The van der Waals surface area contributed by atoms with Gasteiger partial charge in [0.05, 0.1) is 17.7 Å². The van der Waals surface area contributed by atoms with E-state index in [1.165, 1.54) is 25.1 Å². The minimum atomic E-state index is -1.13. The molecule has 0 saturated carbocycles. The number of hydrogen-bond donors (Lipinski definition) is 5. The minimum absolute atomic E-state index is 0.0696. The maximum Gasteiger partial charge on any atom is 0.255 e. The van der Waals surface area contributed by atoms with Crippen LogP contribution in [0, 0.1) is 18.6 Å². The summed E-state index contributed by atoms with van der Waals surface area (Å²) in [6.45, 7) is 3.82. The maximum absolute atomic E-state index is 13.8.